The topological polar surface area (TPSA) is 60.9 Å². The minimum Gasteiger partial charge on any atom is -0.481 e. The van der Waals surface area contributed by atoms with Gasteiger partial charge in [-0.15, -0.1) is 11.8 Å². The molecule has 0 radical (unpaired) electrons. The normalized spacial score (nSPS) is 15.1. The molecule has 114 valence electrons. The maximum atomic E-state index is 11.9. The van der Waals surface area contributed by atoms with Crippen molar-refractivity contribution in [3.8, 4) is 0 Å². The van der Waals surface area contributed by atoms with Gasteiger partial charge in [0, 0.05) is 36.9 Å². The number of carbonyl (C=O) groups is 2. The van der Waals surface area contributed by atoms with Crippen LogP contribution >= 0.6 is 23.4 Å². The maximum absolute atomic E-state index is 11.9. The third-order valence-corrected chi connectivity index (χ3v) is 4.43. The van der Waals surface area contributed by atoms with Crippen LogP contribution in [0.5, 0.6) is 0 Å². The second-order valence-electron chi connectivity index (χ2n) is 4.73. The van der Waals surface area contributed by atoms with Crippen LogP contribution in [0, 0.1) is 0 Å². The van der Waals surface area contributed by atoms with Crippen molar-refractivity contribution in [2.24, 2.45) is 0 Å². The van der Waals surface area contributed by atoms with E-state index in [-0.39, 0.29) is 17.4 Å². The molecular weight excluding hydrogens is 312 g/mol. The van der Waals surface area contributed by atoms with E-state index in [2.05, 4.69) is 4.90 Å². The highest BCUT2D eigenvalue weighted by Crippen LogP contribution is 2.19. The first kappa shape index (κ1) is 16.0. The van der Waals surface area contributed by atoms with Crippen LogP contribution in [0.2, 0.25) is 5.02 Å². The van der Waals surface area contributed by atoms with Crippen molar-refractivity contribution in [3.05, 3.63) is 29.3 Å². The van der Waals surface area contributed by atoms with Gasteiger partial charge in [-0.3, -0.25) is 9.59 Å². The number of thioether (sulfide) groups is 1. The van der Waals surface area contributed by atoms with Crippen molar-refractivity contribution in [1.29, 1.82) is 0 Å². The molecule has 5 nitrogen and oxygen atoms in total. The first-order valence-corrected chi connectivity index (χ1v) is 8.17. The molecule has 2 rings (SSSR count). The van der Waals surface area contributed by atoms with Crippen LogP contribution in [0.25, 0.3) is 0 Å². The molecule has 0 aromatic heterocycles. The largest absolute Gasteiger partial charge is 0.481 e. The summed E-state index contributed by atoms with van der Waals surface area (Å²) in [5.74, 6) is -0.679. The average Bonchev–Trinajstić information content (AvgIpc) is 2.48. The summed E-state index contributed by atoms with van der Waals surface area (Å²) in [6.07, 6.45) is 0. The fraction of sp³-hybridized carbons (Fsp3) is 0.429. The number of hydrogen-bond acceptors (Lipinski definition) is 4. The maximum Gasteiger partial charge on any atom is 0.313 e. The van der Waals surface area contributed by atoms with E-state index in [1.807, 2.05) is 24.3 Å². The van der Waals surface area contributed by atoms with Gasteiger partial charge in [-0.2, -0.15) is 0 Å². The third-order valence-electron chi connectivity index (χ3n) is 3.28. The van der Waals surface area contributed by atoms with E-state index < -0.39 is 5.97 Å². The van der Waals surface area contributed by atoms with Gasteiger partial charge in [-0.05, 0) is 24.3 Å². The van der Waals surface area contributed by atoms with Crippen LogP contribution in [0.4, 0.5) is 5.69 Å². The number of carbonyl (C=O) groups excluding carboxylic acids is 1. The first-order chi connectivity index (χ1) is 10.1. The van der Waals surface area contributed by atoms with Crippen LogP contribution in [0.3, 0.4) is 0 Å². The van der Waals surface area contributed by atoms with Crippen molar-refractivity contribution in [2.45, 2.75) is 0 Å². The molecule has 0 unspecified atom stereocenters. The summed E-state index contributed by atoms with van der Waals surface area (Å²) in [5.41, 5.74) is 1.10. The predicted molar refractivity (Wildman–Crippen MR) is 85.2 cm³/mol. The lowest BCUT2D eigenvalue weighted by Crippen LogP contribution is -2.49. The van der Waals surface area contributed by atoms with Gasteiger partial charge in [-0.1, -0.05) is 11.6 Å². The lowest BCUT2D eigenvalue weighted by Gasteiger charge is -2.36. The summed E-state index contributed by atoms with van der Waals surface area (Å²) in [4.78, 5) is 26.4. The molecule has 0 bridgehead atoms. The molecule has 0 aliphatic carbocycles. The Labute approximate surface area is 132 Å². The van der Waals surface area contributed by atoms with Gasteiger partial charge in [0.25, 0.3) is 0 Å². The van der Waals surface area contributed by atoms with Gasteiger partial charge in [0.15, 0.2) is 0 Å². The zero-order valence-electron chi connectivity index (χ0n) is 11.5. The van der Waals surface area contributed by atoms with Crippen molar-refractivity contribution in [3.63, 3.8) is 0 Å². The molecule has 1 amide bonds. The average molecular weight is 329 g/mol. The van der Waals surface area contributed by atoms with Gasteiger partial charge in [0.05, 0.1) is 11.5 Å². The molecule has 1 saturated heterocycles. The molecule has 7 heteroatoms. The van der Waals surface area contributed by atoms with Gasteiger partial charge < -0.3 is 14.9 Å². The van der Waals surface area contributed by atoms with Crippen molar-refractivity contribution < 1.29 is 14.7 Å². The lowest BCUT2D eigenvalue weighted by molar-refractivity contribution is -0.133. The van der Waals surface area contributed by atoms with E-state index in [1.165, 1.54) is 0 Å². The van der Waals surface area contributed by atoms with E-state index in [4.69, 9.17) is 16.7 Å². The van der Waals surface area contributed by atoms with Crippen LogP contribution < -0.4 is 4.90 Å². The van der Waals surface area contributed by atoms with E-state index in [0.29, 0.717) is 18.1 Å². The molecule has 1 aromatic carbocycles. The smallest absolute Gasteiger partial charge is 0.313 e. The summed E-state index contributed by atoms with van der Waals surface area (Å²) in [7, 11) is 0. The van der Waals surface area contributed by atoms with Crippen molar-refractivity contribution >= 4 is 40.9 Å². The molecular formula is C14H17ClN2O3S. The van der Waals surface area contributed by atoms with E-state index in [1.54, 1.807) is 4.90 Å². The molecule has 1 fully saturated rings. The Hall–Kier alpha value is -1.40. The second-order valence-corrected chi connectivity index (χ2v) is 6.15. The van der Waals surface area contributed by atoms with Crippen molar-refractivity contribution in [2.75, 3.05) is 42.6 Å². The molecule has 1 heterocycles. The highest BCUT2D eigenvalue weighted by molar-refractivity contribution is 8.00. The summed E-state index contributed by atoms with van der Waals surface area (Å²) < 4.78 is 0. The minimum absolute atomic E-state index is 0.0111. The number of nitrogens with zero attached hydrogens (tertiary/aromatic N) is 2. The molecule has 21 heavy (non-hydrogen) atoms. The zero-order valence-corrected chi connectivity index (χ0v) is 13.1. The number of carboxylic acids is 1. The number of amides is 1. The molecule has 0 atom stereocenters. The third kappa shape index (κ3) is 4.82. The first-order valence-electron chi connectivity index (χ1n) is 6.64. The summed E-state index contributed by atoms with van der Waals surface area (Å²) >= 11 is 7.01. The van der Waals surface area contributed by atoms with Gasteiger partial charge in [0.1, 0.15) is 0 Å². The second kappa shape index (κ2) is 7.56. The van der Waals surface area contributed by atoms with Crippen molar-refractivity contribution in [1.82, 2.24) is 4.90 Å². The summed E-state index contributed by atoms with van der Waals surface area (Å²) in [5, 5.41) is 9.27. The number of anilines is 1. The number of hydrogen-bond donors (Lipinski definition) is 1. The number of benzene rings is 1. The van der Waals surface area contributed by atoms with E-state index in [0.717, 1.165) is 30.5 Å². The molecule has 1 aliphatic rings. The van der Waals surface area contributed by atoms with Crippen LogP contribution in [-0.4, -0.2) is 59.6 Å². The fourth-order valence-corrected chi connectivity index (χ4v) is 2.94. The van der Waals surface area contributed by atoms with Crippen LogP contribution in [-0.2, 0) is 9.59 Å². The number of rotatable bonds is 5. The van der Waals surface area contributed by atoms with E-state index in [9.17, 15) is 9.59 Å². The quantitative estimate of drug-likeness (QED) is 0.893. The number of piperazine rings is 1. The fourth-order valence-electron chi connectivity index (χ4n) is 2.18. The predicted octanol–water partition coefficient (Wildman–Crippen LogP) is 1.81. The molecule has 0 saturated carbocycles. The standard InChI is InChI=1S/C14H17ClN2O3S/c15-11-1-3-12(4-2-11)16-5-7-17(8-6-16)13(18)9-21-10-14(19)20/h1-4H,5-10H2,(H,19,20). The minimum atomic E-state index is -0.889. The molecule has 1 aliphatic heterocycles. The SMILES string of the molecule is O=C(O)CSCC(=O)N1CCN(c2ccc(Cl)cc2)CC1. The number of halogens is 1. The van der Waals surface area contributed by atoms with Gasteiger partial charge >= 0.3 is 5.97 Å². The Morgan fingerprint density at radius 3 is 2.29 bits per heavy atom. The van der Waals surface area contributed by atoms with Gasteiger partial charge in [-0.25, -0.2) is 0 Å². The summed E-state index contributed by atoms with van der Waals surface area (Å²) in [6.45, 7) is 2.87. The summed E-state index contributed by atoms with van der Waals surface area (Å²) in [6, 6.07) is 7.67. The Bertz CT molecular complexity index is 501. The Balaban J connectivity index is 1.78. The monoisotopic (exact) mass is 328 g/mol. The zero-order chi connectivity index (χ0) is 15.2. The Kier molecular flexibility index (Phi) is 5.76. The van der Waals surface area contributed by atoms with Crippen LogP contribution in [0.1, 0.15) is 0 Å². The Morgan fingerprint density at radius 2 is 1.71 bits per heavy atom. The molecule has 1 aromatic rings. The molecule has 1 N–H and O–H groups in total. The highest BCUT2D eigenvalue weighted by Gasteiger charge is 2.21. The van der Waals surface area contributed by atoms with Crippen LogP contribution in [0.15, 0.2) is 24.3 Å². The number of aliphatic carboxylic acids is 1. The van der Waals surface area contributed by atoms with Gasteiger partial charge in [0.2, 0.25) is 5.91 Å². The number of carboxylic acid groups (broad SMARTS) is 1. The highest BCUT2D eigenvalue weighted by atomic mass is 35.5. The van der Waals surface area contributed by atoms with E-state index >= 15 is 0 Å². The molecule has 0 spiro atoms. The lowest BCUT2D eigenvalue weighted by atomic mass is 10.2. The Morgan fingerprint density at radius 1 is 1.10 bits per heavy atom.